The first kappa shape index (κ1) is 25.7. The molecule has 0 unspecified atom stereocenters. The van der Waals surface area contributed by atoms with E-state index in [1.165, 1.54) is 6.42 Å². The fourth-order valence-electron chi connectivity index (χ4n) is 4.61. The van der Waals surface area contributed by atoms with Gasteiger partial charge in [-0.05, 0) is 75.1 Å². The Morgan fingerprint density at radius 3 is 2.66 bits per heavy atom. The van der Waals surface area contributed by atoms with Crippen molar-refractivity contribution >= 4 is 34.4 Å². The Balaban J connectivity index is 1.41. The minimum atomic E-state index is -0.486. The van der Waals surface area contributed by atoms with Crippen LogP contribution in [0.4, 0.5) is 10.5 Å². The van der Waals surface area contributed by atoms with Crippen molar-refractivity contribution < 1.29 is 14.3 Å². The lowest BCUT2D eigenvalue weighted by atomic mass is 9.92. The van der Waals surface area contributed by atoms with E-state index >= 15 is 0 Å². The van der Waals surface area contributed by atoms with Crippen molar-refractivity contribution in [1.29, 1.82) is 5.26 Å². The summed E-state index contributed by atoms with van der Waals surface area (Å²) in [6.45, 7) is 4.18. The van der Waals surface area contributed by atoms with Crippen molar-refractivity contribution in [1.82, 2.24) is 9.55 Å². The maximum atomic E-state index is 12.0. The van der Waals surface area contributed by atoms with Gasteiger partial charge in [-0.15, -0.1) is 11.8 Å². The lowest BCUT2D eigenvalue weighted by molar-refractivity contribution is 0.130. The molecule has 1 fully saturated rings. The Morgan fingerprint density at radius 1 is 1.18 bits per heavy atom. The summed E-state index contributed by atoms with van der Waals surface area (Å²) in [6, 6.07) is 22.2. The fourth-order valence-corrected chi connectivity index (χ4v) is 5.30. The molecule has 1 saturated carbocycles. The summed E-state index contributed by atoms with van der Waals surface area (Å²) in [5, 5.41) is 14.9. The number of thioether (sulfide) groups is 1. The second-order valence-electron chi connectivity index (χ2n) is 9.49. The van der Waals surface area contributed by atoms with Crippen LogP contribution in [0.1, 0.15) is 44.7 Å². The lowest BCUT2D eigenvalue weighted by Gasteiger charge is -2.30. The molecule has 2 heterocycles. The number of fused-ring (bicyclic) bond motifs is 1. The van der Waals surface area contributed by atoms with Crippen LogP contribution in [-0.4, -0.2) is 34.1 Å². The Bertz CT molecular complexity index is 1460. The van der Waals surface area contributed by atoms with Crippen LogP contribution >= 0.6 is 11.8 Å². The molecule has 38 heavy (non-hydrogen) atoms. The van der Waals surface area contributed by atoms with E-state index in [9.17, 15) is 10.1 Å². The molecule has 4 aromatic rings. The lowest BCUT2D eigenvalue weighted by Crippen LogP contribution is -2.18. The molecule has 0 spiro atoms. The van der Waals surface area contributed by atoms with Crippen LogP contribution in [-0.2, 0) is 4.74 Å². The molecule has 2 aromatic carbocycles. The van der Waals surface area contributed by atoms with Gasteiger partial charge in [0.25, 0.3) is 0 Å². The van der Waals surface area contributed by atoms with Crippen molar-refractivity contribution in [2.75, 3.05) is 17.7 Å². The number of carbonyl (C=O) groups excluding carboxylic acids is 1. The van der Waals surface area contributed by atoms with Gasteiger partial charge < -0.3 is 14.0 Å². The molecule has 1 N–H and O–H groups in total. The number of aromatic nitrogens is 2. The topological polar surface area (TPSA) is 89.2 Å². The smallest absolute Gasteiger partial charge is 0.411 e. The van der Waals surface area contributed by atoms with Gasteiger partial charge in [-0.1, -0.05) is 18.2 Å². The summed E-state index contributed by atoms with van der Waals surface area (Å²) in [4.78, 5) is 16.3. The molecule has 7 nitrogen and oxygen atoms in total. The van der Waals surface area contributed by atoms with Crippen molar-refractivity contribution in [3.63, 3.8) is 0 Å². The van der Waals surface area contributed by atoms with Gasteiger partial charge in [0.05, 0.1) is 34.5 Å². The molecule has 0 saturated heterocycles. The van der Waals surface area contributed by atoms with Crippen LogP contribution < -0.4 is 10.1 Å². The molecule has 2 aromatic heterocycles. The number of hydrogen-bond donors (Lipinski definition) is 1. The first-order valence-electron chi connectivity index (χ1n) is 12.9. The molecule has 8 heteroatoms. The molecular formula is C30H30N4O3S. The Kier molecular flexibility index (Phi) is 7.85. The molecule has 194 valence electrons. The third kappa shape index (κ3) is 5.63. The van der Waals surface area contributed by atoms with Crippen LogP contribution in [0.25, 0.3) is 22.2 Å². The minimum absolute atomic E-state index is 0.195. The summed E-state index contributed by atoms with van der Waals surface area (Å²) < 4.78 is 13.6. The SMILES string of the molecule is CC(C)OC(=O)Nc1ccc(-c2c(C#N)c3ccc(OCCSc4ccccn4)cc3n2C2CCC2)cc1. The van der Waals surface area contributed by atoms with E-state index in [4.69, 9.17) is 9.47 Å². The van der Waals surface area contributed by atoms with Crippen molar-refractivity contribution in [3.8, 4) is 23.1 Å². The molecular weight excluding hydrogens is 496 g/mol. The number of carbonyl (C=O) groups is 1. The minimum Gasteiger partial charge on any atom is -0.493 e. The largest absolute Gasteiger partial charge is 0.493 e. The summed E-state index contributed by atoms with van der Waals surface area (Å²) in [5.41, 5.74) is 4.15. The zero-order valence-corrected chi connectivity index (χ0v) is 22.3. The number of nitriles is 1. The number of anilines is 1. The van der Waals surface area contributed by atoms with Crippen molar-refractivity contribution in [2.45, 2.75) is 50.3 Å². The number of benzene rings is 2. The van der Waals surface area contributed by atoms with E-state index in [1.807, 2.05) is 68.4 Å². The van der Waals surface area contributed by atoms with Crippen LogP contribution in [0.5, 0.6) is 5.75 Å². The zero-order chi connectivity index (χ0) is 26.5. The first-order chi connectivity index (χ1) is 18.5. The summed E-state index contributed by atoms with van der Waals surface area (Å²) in [5.74, 6) is 1.58. The summed E-state index contributed by atoms with van der Waals surface area (Å²) in [7, 11) is 0. The summed E-state index contributed by atoms with van der Waals surface area (Å²) >= 11 is 1.66. The second kappa shape index (κ2) is 11.6. The van der Waals surface area contributed by atoms with E-state index in [2.05, 4.69) is 27.0 Å². The van der Waals surface area contributed by atoms with Gasteiger partial charge in [0.15, 0.2) is 0 Å². The number of pyridine rings is 1. The Hall–Kier alpha value is -3.96. The predicted molar refractivity (Wildman–Crippen MR) is 151 cm³/mol. The fraction of sp³-hybridized carbons (Fsp3) is 0.300. The van der Waals surface area contributed by atoms with Gasteiger partial charge in [0, 0.05) is 35.1 Å². The van der Waals surface area contributed by atoms with Crippen LogP contribution in [0.3, 0.4) is 0 Å². The second-order valence-corrected chi connectivity index (χ2v) is 10.6. The number of amides is 1. The van der Waals surface area contributed by atoms with Gasteiger partial charge in [0.2, 0.25) is 0 Å². The predicted octanol–water partition coefficient (Wildman–Crippen LogP) is 7.43. The van der Waals surface area contributed by atoms with Gasteiger partial charge in [-0.3, -0.25) is 5.32 Å². The van der Waals surface area contributed by atoms with Crippen LogP contribution in [0.15, 0.2) is 71.9 Å². The van der Waals surface area contributed by atoms with Crippen molar-refractivity contribution in [2.24, 2.45) is 0 Å². The van der Waals surface area contributed by atoms with E-state index in [-0.39, 0.29) is 6.10 Å². The highest BCUT2D eigenvalue weighted by molar-refractivity contribution is 7.99. The molecule has 0 bridgehead atoms. The first-order valence-corrected chi connectivity index (χ1v) is 13.8. The van der Waals surface area contributed by atoms with E-state index in [0.29, 0.717) is 23.9 Å². The number of nitrogens with zero attached hydrogens (tertiary/aromatic N) is 3. The van der Waals surface area contributed by atoms with Gasteiger partial charge in [0.1, 0.15) is 11.8 Å². The van der Waals surface area contributed by atoms with Crippen LogP contribution in [0.2, 0.25) is 0 Å². The quantitative estimate of drug-likeness (QED) is 0.180. The molecule has 1 aliphatic rings. The Morgan fingerprint density at radius 2 is 2.00 bits per heavy atom. The number of ether oxygens (including phenoxy) is 2. The molecule has 1 amide bonds. The standard InChI is InChI=1S/C30H30N4O3S/c1-20(2)37-30(35)33-22-11-9-21(10-12-22)29-26(19-31)25-14-13-24(18-27(25)34(29)23-6-5-7-23)36-16-17-38-28-8-3-4-15-32-28/h3-4,8-15,18,20,23H,5-7,16-17H2,1-2H3,(H,33,35). The highest BCUT2D eigenvalue weighted by Gasteiger charge is 2.28. The van der Waals surface area contributed by atoms with Gasteiger partial charge in [-0.2, -0.15) is 5.26 Å². The monoisotopic (exact) mass is 526 g/mol. The molecule has 0 aliphatic heterocycles. The van der Waals surface area contributed by atoms with Crippen molar-refractivity contribution in [3.05, 3.63) is 72.4 Å². The highest BCUT2D eigenvalue weighted by atomic mass is 32.2. The van der Waals surface area contributed by atoms with E-state index in [0.717, 1.165) is 51.5 Å². The molecule has 5 rings (SSSR count). The zero-order valence-electron chi connectivity index (χ0n) is 21.5. The third-order valence-corrected chi connectivity index (χ3v) is 7.42. The molecule has 1 aliphatic carbocycles. The van der Waals surface area contributed by atoms with Crippen LogP contribution in [0, 0.1) is 11.3 Å². The Labute approximate surface area is 226 Å². The normalized spacial score (nSPS) is 13.2. The van der Waals surface area contributed by atoms with Gasteiger partial charge in [-0.25, -0.2) is 9.78 Å². The van der Waals surface area contributed by atoms with Gasteiger partial charge >= 0.3 is 6.09 Å². The summed E-state index contributed by atoms with van der Waals surface area (Å²) in [6.07, 6.45) is 4.44. The number of hydrogen-bond acceptors (Lipinski definition) is 6. The maximum Gasteiger partial charge on any atom is 0.411 e. The average Bonchev–Trinajstić information content (AvgIpc) is 3.19. The third-order valence-electron chi connectivity index (χ3n) is 6.51. The number of nitrogens with one attached hydrogen (secondary N) is 1. The van der Waals surface area contributed by atoms with E-state index in [1.54, 1.807) is 18.0 Å². The van der Waals surface area contributed by atoms with E-state index < -0.39 is 6.09 Å². The highest BCUT2D eigenvalue weighted by Crippen LogP contribution is 2.43. The average molecular weight is 527 g/mol. The molecule has 0 atom stereocenters. The molecule has 0 radical (unpaired) electrons. The number of rotatable bonds is 9. The maximum absolute atomic E-state index is 12.0.